The first-order valence-corrected chi connectivity index (χ1v) is 9.59. The van der Waals surface area contributed by atoms with Gasteiger partial charge in [0.1, 0.15) is 24.6 Å². The zero-order chi connectivity index (χ0) is 18.1. The van der Waals surface area contributed by atoms with Crippen LogP contribution in [0.1, 0.15) is 16.8 Å². The molecule has 1 atom stereocenters. The van der Waals surface area contributed by atoms with Gasteiger partial charge in [-0.3, -0.25) is 0 Å². The Morgan fingerprint density at radius 1 is 0.852 bits per heavy atom. The summed E-state index contributed by atoms with van der Waals surface area (Å²) in [7, 11) is 0. The number of ether oxygens (including phenoxy) is 1. The zero-order valence-corrected chi connectivity index (χ0v) is 15.2. The third-order valence-corrected chi connectivity index (χ3v) is 5.40. The lowest BCUT2D eigenvalue weighted by Gasteiger charge is -2.24. The van der Waals surface area contributed by atoms with E-state index in [0.29, 0.717) is 0 Å². The molecule has 0 spiro atoms. The molecular weight excluding hydrogens is 332 g/mol. The molecule has 1 aliphatic heterocycles. The lowest BCUT2D eigenvalue weighted by molar-refractivity contribution is -0.929. The standard InChI is InChI=1S/C24H22N2O/c1-3-7-18(8-4-1)16-26-14-13-24-22(17-26)21-15-20(11-12-23(21)25-24)27-19-9-5-2-6-10-19/h1-12,15,25H,13-14,16-17H2/p+1. The van der Waals surface area contributed by atoms with Crippen LogP contribution in [-0.2, 0) is 19.5 Å². The topological polar surface area (TPSA) is 29.5 Å². The van der Waals surface area contributed by atoms with Gasteiger partial charge in [0, 0.05) is 34.1 Å². The maximum absolute atomic E-state index is 6.05. The number of aromatic nitrogens is 1. The minimum absolute atomic E-state index is 0.873. The van der Waals surface area contributed by atoms with Gasteiger partial charge in [-0.15, -0.1) is 0 Å². The van der Waals surface area contributed by atoms with Gasteiger partial charge in [-0.2, -0.15) is 0 Å². The Labute approximate surface area is 159 Å². The van der Waals surface area contributed by atoms with Gasteiger partial charge in [0.25, 0.3) is 0 Å². The Morgan fingerprint density at radius 2 is 1.63 bits per heavy atom. The largest absolute Gasteiger partial charge is 0.457 e. The summed E-state index contributed by atoms with van der Waals surface area (Å²) in [5.41, 5.74) is 5.45. The van der Waals surface area contributed by atoms with Crippen LogP contribution in [0.5, 0.6) is 11.5 Å². The van der Waals surface area contributed by atoms with Gasteiger partial charge in [0.2, 0.25) is 0 Å². The summed E-state index contributed by atoms with van der Waals surface area (Å²) in [6, 6.07) is 27.1. The lowest BCUT2D eigenvalue weighted by atomic mass is 10.0. The molecule has 27 heavy (non-hydrogen) atoms. The van der Waals surface area contributed by atoms with Crippen LogP contribution in [0.25, 0.3) is 10.9 Å². The van der Waals surface area contributed by atoms with Gasteiger partial charge in [-0.05, 0) is 30.3 Å². The highest BCUT2D eigenvalue weighted by atomic mass is 16.5. The van der Waals surface area contributed by atoms with Crippen molar-refractivity contribution in [3.8, 4) is 11.5 Å². The average Bonchev–Trinajstić information content (AvgIpc) is 3.07. The first kappa shape index (κ1) is 16.2. The molecule has 0 radical (unpaired) electrons. The molecule has 0 saturated heterocycles. The van der Waals surface area contributed by atoms with Gasteiger partial charge in [-0.25, -0.2) is 0 Å². The number of nitrogens with one attached hydrogen (secondary N) is 2. The summed E-state index contributed by atoms with van der Waals surface area (Å²) >= 11 is 0. The number of H-pyrrole nitrogens is 1. The molecule has 0 bridgehead atoms. The number of para-hydroxylation sites is 1. The van der Waals surface area contributed by atoms with Crippen molar-refractivity contribution in [2.24, 2.45) is 0 Å². The number of rotatable bonds is 4. The molecule has 3 aromatic carbocycles. The van der Waals surface area contributed by atoms with E-state index in [-0.39, 0.29) is 0 Å². The Kier molecular flexibility index (Phi) is 4.15. The molecule has 1 unspecified atom stereocenters. The third-order valence-electron chi connectivity index (χ3n) is 5.40. The van der Waals surface area contributed by atoms with Gasteiger partial charge >= 0.3 is 0 Å². The van der Waals surface area contributed by atoms with E-state index >= 15 is 0 Å². The molecule has 2 heterocycles. The van der Waals surface area contributed by atoms with E-state index in [0.717, 1.165) is 31.0 Å². The first-order chi connectivity index (χ1) is 13.3. The molecule has 134 valence electrons. The van der Waals surface area contributed by atoms with Crippen LogP contribution in [0, 0.1) is 0 Å². The average molecular weight is 355 g/mol. The van der Waals surface area contributed by atoms with Crippen molar-refractivity contribution in [2.45, 2.75) is 19.5 Å². The molecule has 1 aromatic heterocycles. The zero-order valence-electron chi connectivity index (χ0n) is 15.2. The summed E-state index contributed by atoms with van der Waals surface area (Å²) in [5, 5.41) is 1.30. The monoisotopic (exact) mass is 355 g/mol. The number of aromatic amines is 1. The van der Waals surface area contributed by atoms with Gasteiger partial charge in [0.15, 0.2) is 0 Å². The number of benzene rings is 3. The molecule has 0 amide bonds. The second-order valence-corrected chi connectivity index (χ2v) is 7.29. The summed E-state index contributed by atoms with van der Waals surface area (Å²) in [4.78, 5) is 5.24. The molecule has 3 nitrogen and oxygen atoms in total. The molecule has 3 heteroatoms. The predicted molar refractivity (Wildman–Crippen MR) is 108 cm³/mol. The smallest absolute Gasteiger partial charge is 0.128 e. The minimum atomic E-state index is 0.873. The molecule has 0 saturated carbocycles. The van der Waals surface area contributed by atoms with Crippen molar-refractivity contribution in [3.63, 3.8) is 0 Å². The highest BCUT2D eigenvalue weighted by Crippen LogP contribution is 2.30. The fourth-order valence-corrected chi connectivity index (χ4v) is 4.06. The van der Waals surface area contributed by atoms with Crippen LogP contribution in [0.3, 0.4) is 0 Å². The van der Waals surface area contributed by atoms with Crippen LogP contribution in [0.2, 0.25) is 0 Å². The van der Waals surface area contributed by atoms with Gasteiger partial charge in [0.05, 0.1) is 6.54 Å². The quantitative estimate of drug-likeness (QED) is 0.567. The van der Waals surface area contributed by atoms with Crippen molar-refractivity contribution >= 4 is 10.9 Å². The Balaban J connectivity index is 1.42. The van der Waals surface area contributed by atoms with Gasteiger partial charge in [-0.1, -0.05) is 48.5 Å². The van der Waals surface area contributed by atoms with Crippen molar-refractivity contribution in [2.75, 3.05) is 6.54 Å². The Bertz CT molecular complexity index is 1050. The normalized spacial score (nSPS) is 16.2. The number of hydrogen-bond acceptors (Lipinski definition) is 1. The van der Waals surface area contributed by atoms with Crippen LogP contribution < -0.4 is 9.64 Å². The summed E-state index contributed by atoms with van der Waals surface area (Å²) in [6.07, 6.45) is 1.10. The third kappa shape index (κ3) is 3.34. The van der Waals surface area contributed by atoms with Crippen LogP contribution in [-0.4, -0.2) is 11.5 Å². The Morgan fingerprint density at radius 3 is 2.44 bits per heavy atom. The predicted octanol–water partition coefficient (Wildman–Crippen LogP) is 4.10. The second-order valence-electron chi connectivity index (χ2n) is 7.29. The van der Waals surface area contributed by atoms with E-state index in [1.54, 1.807) is 4.90 Å². The van der Waals surface area contributed by atoms with E-state index in [1.165, 1.54) is 34.3 Å². The van der Waals surface area contributed by atoms with E-state index < -0.39 is 0 Å². The maximum Gasteiger partial charge on any atom is 0.128 e. The highest BCUT2D eigenvalue weighted by Gasteiger charge is 2.24. The van der Waals surface area contributed by atoms with E-state index in [4.69, 9.17) is 4.74 Å². The first-order valence-electron chi connectivity index (χ1n) is 9.59. The minimum Gasteiger partial charge on any atom is -0.457 e. The molecule has 2 N–H and O–H groups in total. The van der Waals surface area contributed by atoms with Crippen LogP contribution in [0.15, 0.2) is 78.9 Å². The molecule has 5 rings (SSSR count). The number of fused-ring (bicyclic) bond motifs is 3. The Hall–Kier alpha value is -3.04. The molecule has 1 aliphatic rings. The van der Waals surface area contributed by atoms with Crippen LogP contribution >= 0.6 is 0 Å². The maximum atomic E-state index is 6.05. The van der Waals surface area contributed by atoms with E-state index in [1.807, 2.05) is 36.4 Å². The number of hydrogen-bond donors (Lipinski definition) is 2. The molecule has 0 aliphatic carbocycles. The molecule has 4 aromatic rings. The fraction of sp³-hybridized carbons (Fsp3) is 0.167. The highest BCUT2D eigenvalue weighted by molar-refractivity contribution is 5.86. The molecule has 0 fully saturated rings. The van der Waals surface area contributed by atoms with E-state index in [2.05, 4.69) is 47.4 Å². The summed E-state index contributed by atoms with van der Waals surface area (Å²) in [5.74, 6) is 1.77. The van der Waals surface area contributed by atoms with Gasteiger partial charge < -0.3 is 14.6 Å². The van der Waals surface area contributed by atoms with Crippen molar-refractivity contribution in [3.05, 3.63) is 95.7 Å². The van der Waals surface area contributed by atoms with Crippen molar-refractivity contribution in [1.29, 1.82) is 0 Å². The summed E-state index contributed by atoms with van der Waals surface area (Å²) in [6.45, 7) is 3.30. The second kappa shape index (κ2) is 6.93. The van der Waals surface area contributed by atoms with Crippen LogP contribution in [0.4, 0.5) is 0 Å². The van der Waals surface area contributed by atoms with E-state index in [9.17, 15) is 0 Å². The number of quaternary nitrogens is 1. The SMILES string of the molecule is c1ccc(C[NH+]2CCc3[nH]c4ccc(Oc5ccccc5)cc4c3C2)cc1. The summed E-state index contributed by atoms with van der Waals surface area (Å²) < 4.78 is 6.05. The van der Waals surface area contributed by atoms with Crippen molar-refractivity contribution in [1.82, 2.24) is 4.98 Å². The fourth-order valence-electron chi connectivity index (χ4n) is 4.06. The lowest BCUT2D eigenvalue weighted by Crippen LogP contribution is -3.10. The van der Waals surface area contributed by atoms with Crippen molar-refractivity contribution < 1.29 is 9.64 Å². The molecular formula is C24H23N2O+.